The predicted molar refractivity (Wildman–Crippen MR) is 112 cm³/mol. The molecule has 1 aromatic heterocycles. The number of benzene rings is 2. The van der Waals surface area contributed by atoms with Gasteiger partial charge in [-0.25, -0.2) is 13.5 Å². The zero-order valence-electron chi connectivity index (χ0n) is 17.9. The van der Waals surface area contributed by atoms with E-state index in [1.165, 1.54) is 14.2 Å². The van der Waals surface area contributed by atoms with E-state index in [-0.39, 0.29) is 17.1 Å². The molecule has 0 unspecified atom stereocenters. The molecule has 0 saturated carbocycles. The van der Waals surface area contributed by atoms with E-state index in [9.17, 15) is 26.7 Å². The first-order valence-electron chi connectivity index (χ1n) is 10.0. The lowest BCUT2D eigenvalue weighted by Gasteiger charge is -2.34. The minimum atomic E-state index is -4.66. The second kappa shape index (κ2) is 8.84. The minimum Gasteiger partial charge on any atom is -0.493 e. The minimum absolute atomic E-state index is 0.187. The zero-order valence-corrected chi connectivity index (χ0v) is 17.9. The van der Waals surface area contributed by atoms with Gasteiger partial charge in [0.05, 0.1) is 32.1 Å². The molecule has 0 radical (unpaired) electrons. The van der Waals surface area contributed by atoms with Gasteiger partial charge in [-0.05, 0) is 29.8 Å². The molecule has 0 bridgehead atoms. The lowest BCUT2D eigenvalue weighted by Crippen LogP contribution is -2.36. The second-order valence-electron chi connectivity index (χ2n) is 7.53. The molecule has 2 N–H and O–H groups in total. The molecule has 12 heteroatoms. The molecule has 0 aliphatic carbocycles. The van der Waals surface area contributed by atoms with Crippen molar-refractivity contribution in [3.8, 4) is 11.5 Å². The van der Waals surface area contributed by atoms with Crippen molar-refractivity contribution in [2.24, 2.45) is 0 Å². The van der Waals surface area contributed by atoms with Crippen LogP contribution in [0.15, 0.2) is 42.6 Å². The number of hydrogen-bond donors (Lipinski definition) is 2. The number of carbonyl (C=O) groups excluding carboxylic acids is 1. The van der Waals surface area contributed by atoms with Crippen molar-refractivity contribution in [1.29, 1.82) is 0 Å². The summed E-state index contributed by atoms with van der Waals surface area (Å²) >= 11 is 0. The van der Waals surface area contributed by atoms with E-state index in [4.69, 9.17) is 9.47 Å². The van der Waals surface area contributed by atoms with Crippen molar-refractivity contribution in [1.82, 2.24) is 9.78 Å². The average Bonchev–Trinajstić information content (AvgIpc) is 3.23. The van der Waals surface area contributed by atoms with E-state index >= 15 is 0 Å². The number of carbonyl (C=O) groups is 1. The van der Waals surface area contributed by atoms with Gasteiger partial charge in [0, 0.05) is 12.5 Å². The number of alkyl halides is 3. The van der Waals surface area contributed by atoms with E-state index < -0.39 is 42.2 Å². The highest BCUT2D eigenvalue weighted by atomic mass is 19.4. The molecule has 3 aromatic rings. The Morgan fingerprint density at radius 1 is 1.12 bits per heavy atom. The maximum absolute atomic E-state index is 14.0. The molecule has 0 saturated heterocycles. The van der Waals surface area contributed by atoms with Crippen LogP contribution in [0.1, 0.15) is 34.4 Å². The first-order valence-corrected chi connectivity index (χ1v) is 10.0. The monoisotopic (exact) mass is 482 g/mol. The standard InChI is InChI=1S/C22H19F5N4O3/c1-33-17-6-3-11(7-18(17)34-2)16-9-19(22(25,26)27)31-20(29-16)13(10-28-31)21(32)30-15-5-4-12(23)8-14(15)24/h3-8,10,16,19,29H,9H2,1-2H3,(H,30,32)/t16-,19+/m1/s1. The van der Waals surface area contributed by atoms with E-state index in [1.54, 1.807) is 18.2 Å². The van der Waals surface area contributed by atoms with Crippen molar-refractivity contribution in [2.75, 3.05) is 24.9 Å². The third kappa shape index (κ3) is 4.35. The Morgan fingerprint density at radius 3 is 2.50 bits per heavy atom. The van der Waals surface area contributed by atoms with Gasteiger partial charge in [0.15, 0.2) is 17.5 Å². The van der Waals surface area contributed by atoms with Gasteiger partial charge in [0.2, 0.25) is 0 Å². The Labute approximate surface area is 190 Å². The topological polar surface area (TPSA) is 77.4 Å². The SMILES string of the molecule is COc1ccc([C@H]2C[C@@H](C(F)(F)F)n3ncc(C(=O)Nc4ccc(F)cc4F)c3N2)cc1OC. The van der Waals surface area contributed by atoms with E-state index in [1.807, 2.05) is 0 Å². The third-order valence-electron chi connectivity index (χ3n) is 5.47. The van der Waals surface area contributed by atoms with Crippen LogP contribution < -0.4 is 20.1 Å². The van der Waals surface area contributed by atoms with Crippen LogP contribution in [-0.4, -0.2) is 36.1 Å². The van der Waals surface area contributed by atoms with Crippen LogP contribution in [0, 0.1) is 11.6 Å². The van der Waals surface area contributed by atoms with Gasteiger partial charge in [-0.2, -0.15) is 18.3 Å². The molecule has 7 nitrogen and oxygen atoms in total. The van der Waals surface area contributed by atoms with Crippen molar-refractivity contribution >= 4 is 17.4 Å². The van der Waals surface area contributed by atoms with Gasteiger partial charge in [-0.3, -0.25) is 4.79 Å². The van der Waals surface area contributed by atoms with Crippen LogP contribution in [0.5, 0.6) is 11.5 Å². The van der Waals surface area contributed by atoms with Gasteiger partial charge in [0.1, 0.15) is 23.0 Å². The van der Waals surface area contributed by atoms with Gasteiger partial charge in [-0.1, -0.05) is 6.07 Å². The number of nitrogens with one attached hydrogen (secondary N) is 2. The van der Waals surface area contributed by atoms with Crippen LogP contribution in [0.3, 0.4) is 0 Å². The van der Waals surface area contributed by atoms with Gasteiger partial charge in [0.25, 0.3) is 5.91 Å². The number of aromatic nitrogens is 2. The van der Waals surface area contributed by atoms with E-state index in [0.717, 1.165) is 18.3 Å². The molecule has 4 rings (SSSR count). The Morgan fingerprint density at radius 2 is 1.85 bits per heavy atom. The second-order valence-corrected chi connectivity index (χ2v) is 7.53. The average molecular weight is 482 g/mol. The van der Waals surface area contributed by atoms with Crippen molar-refractivity contribution in [3.63, 3.8) is 0 Å². The number of rotatable bonds is 5. The van der Waals surface area contributed by atoms with Crippen molar-refractivity contribution in [3.05, 3.63) is 65.4 Å². The summed E-state index contributed by atoms with van der Waals surface area (Å²) in [7, 11) is 2.84. The number of halogens is 5. The summed E-state index contributed by atoms with van der Waals surface area (Å²) in [6, 6.07) is 4.35. The van der Waals surface area contributed by atoms with Gasteiger partial charge in [-0.15, -0.1) is 0 Å². The molecule has 2 aromatic carbocycles. The highest BCUT2D eigenvalue weighted by Gasteiger charge is 2.47. The Hall–Kier alpha value is -3.83. The number of hydrogen-bond acceptors (Lipinski definition) is 5. The molecule has 1 aliphatic rings. The van der Waals surface area contributed by atoms with E-state index in [2.05, 4.69) is 15.7 Å². The first-order chi connectivity index (χ1) is 16.1. The number of ether oxygens (including phenoxy) is 2. The highest BCUT2D eigenvalue weighted by Crippen LogP contribution is 2.45. The summed E-state index contributed by atoms with van der Waals surface area (Å²) in [6.07, 6.45) is -4.09. The summed E-state index contributed by atoms with van der Waals surface area (Å²) in [6.45, 7) is 0. The lowest BCUT2D eigenvalue weighted by molar-refractivity contribution is -0.173. The van der Waals surface area contributed by atoms with Crippen LogP contribution in [0.4, 0.5) is 33.5 Å². The lowest BCUT2D eigenvalue weighted by atomic mass is 9.96. The van der Waals surface area contributed by atoms with Gasteiger partial charge >= 0.3 is 6.18 Å². The quantitative estimate of drug-likeness (QED) is 0.496. The van der Waals surface area contributed by atoms with Crippen molar-refractivity contribution in [2.45, 2.75) is 24.7 Å². The number of methoxy groups -OCH3 is 2. The van der Waals surface area contributed by atoms with Gasteiger partial charge < -0.3 is 20.1 Å². The number of nitrogens with zero attached hydrogens (tertiary/aromatic N) is 2. The molecular weight excluding hydrogens is 463 g/mol. The Bertz CT molecular complexity index is 1230. The summed E-state index contributed by atoms with van der Waals surface area (Å²) < 4.78 is 79.9. The van der Waals surface area contributed by atoms with Crippen LogP contribution in [0.25, 0.3) is 0 Å². The Balaban J connectivity index is 1.70. The van der Waals surface area contributed by atoms with E-state index in [0.29, 0.717) is 27.8 Å². The number of anilines is 2. The molecule has 0 spiro atoms. The molecule has 0 fully saturated rings. The van der Waals surface area contributed by atoms with Crippen LogP contribution >= 0.6 is 0 Å². The molecule has 1 aliphatic heterocycles. The summed E-state index contributed by atoms with van der Waals surface area (Å²) in [5, 5.41) is 8.94. The number of amides is 1. The normalized spacial score (nSPS) is 17.5. The van der Waals surface area contributed by atoms with Crippen LogP contribution in [0.2, 0.25) is 0 Å². The highest BCUT2D eigenvalue weighted by molar-refractivity contribution is 6.07. The van der Waals surface area contributed by atoms with Crippen molar-refractivity contribution < 1.29 is 36.2 Å². The molecule has 34 heavy (non-hydrogen) atoms. The molecule has 2 heterocycles. The first kappa shape index (κ1) is 23.3. The summed E-state index contributed by atoms with van der Waals surface area (Å²) in [5.41, 5.74) is -0.0931. The fourth-order valence-corrected chi connectivity index (χ4v) is 3.80. The summed E-state index contributed by atoms with van der Waals surface area (Å²) in [5.74, 6) is -2.24. The third-order valence-corrected chi connectivity index (χ3v) is 5.47. The zero-order chi connectivity index (χ0) is 24.6. The maximum atomic E-state index is 14.0. The fraction of sp³-hybridized carbons (Fsp3) is 0.273. The molecular formula is C22H19F5N4O3. The molecule has 180 valence electrons. The fourth-order valence-electron chi connectivity index (χ4n) is 3.80. The molecule has 2 atom stereocenters. The number of fused-ring (bicyclic) bond motifs is 1. The Kier molecular flexibility index (Phi) is 6.07. The maximum Gasteiger partial charge on any atom is 0.410 e. The molecule has 1 amide bonds. The largest absolute Gasteiger partial charge is 0.493 e. The summed E-state index contributed by atoms with van der Waals surface area (Å²) in [4.78, 5) is 12.8. The predicted octanol–water partition coefficient (Wildman–Crippen LogP) is 5.09. The smallest absolute Gasteiger partial charge is 0.410 e. The van der Waals surface area contributed by atoms with Crippen LogP contribution in [-0.2, 0) is 0 Å².